The maximum Gasteiger partial charge on any atom is 0.410 e. The summed E-state index contributed by atoms with van der Waals surface area (Å²) in [6, 6.07) is 7.54. The molecule has 5 aliphatic heterocycles. The summed E-state index contributed by atoms with van der Waals surface area (Å²) in [5.74, 6) is -6.11. The number of amides is 8. The molecule has 96 heavy (non-hydrogen) atoms. The fraction of sp³-hybridized carbons (Fsp3) is 0.552. The van der Waals surface area contributed by atoms with Crippen molar-refractivity contribution < 1.29 is 96.4 Å². The topological polar surface area (TPSA) is 383 Å². The summed E-state index contributed by atoms with van der Waals surface area (Å²) in [4.78, 5) is 139. The van der Waals surface area contributed by atoms with Crippen LogP contribution in [0.4, 0.5) is 15.3 Å². The third-order valence-electron chi connectivity index (χ3n) is 19.1. The van der Waals surface area contributed by atoms with Crippen LogP contribution in [0.25, 0.3) is 0 Å². The zero-order chi connectivity index (χ0) is 68.9. The normalized spacial score (nSPS) is 24.6. The Hall–Kier alpha value is -8.42. The number of nitrogens with two attached hydrogens (primary N) is 1. The van der Waals surface area contributed by atoms with Crippen LogP contribution in [0.1, 0.15) is 140 Å². The number of likely N-dealkylation sites (tertiary alicyclic amines) is 1. The second kappa shape index (κ2) is 30.3. The molecular formula is C67H85N9O20. The number of hydrogen-bond donors (Lipinski definition) is 8. The van der Waals surface area contributed by atoms with E-state index in [-0.39, 0.29) is 116 Å². The Labute approximate surface area is 554 Å². The van der Waals surface area contributed by atoms with Gasteiger partial charge in [-0.15, -0.1) is 0 Å². The molecule has 0 bridgehead atoms. The number of piperidine rings is 1. The van der Waals surface area contributed by atoms with Crippen LogP contribution in [0.3, 0.4) is 0 Å². The molecule has 0 spiro atoms. The number of rotatable bonds is 26. The number of imide groups is 1. The first-order valence-corrected chi connectivity index (χ1v) is 32.6. The van der Waals surface area contributed by atoms with Gasteiger partial charge in [0.2, 0.25) is 23.5 Å². The Morgan fingerprint density at radius 3 is 2.26 bits per heavy atom. The van der Waals surface area contributed by atoms with E-state index in [1.165, 1.54) is 49.5 Å². The number of aromatic hydroxyl groups is 2. The molecule has 10 rings (SSSR count). The molecule has 3 aromatic carbocycles. The number of morpholine rings is 1. The highest BCUT2D eigenvalue weighted by atomic mass is 16.7. The lowest BCUT2D eigenvalue weighted by Gasteiger charge is -2.44. The van der Waals surface area contributed by atoms with E-state index in [9.17, 15) is 63.3 Å². The van der Waals surface area contributed by atoms with E-state index in [1.807, 2.05) is 11.8 Å². The molecule has 5 heterocycles. The Morgan fingerprint density at radius 2 is 1.57 bits per heavy atom. The number of benzene rings is 3. The van der Waals surface area contributed by atoms with E-state index < -0.39 is 132 Å². The number of aliphatic hydroxyl groups is 1. The first-order chi connectivity index (χ1) is 45.9. The van der Waals surface area contributed by atoms with Crippen molar-refractivity contribution in [1.29, 1.82) is 0 Å². The zero-order valence-corrected chi connectivity index (χ0v) is 54.6. The maximum atomic E-state index is 14.7. The number of primary amides is 1. The highest BCUT2D eigenvalue weighted by Crippen LogP contribution is 2.53. The highest BCUT2D eigenvalue weighted by molar-refractivity contribution is 6.31. The third kappa shape index (κ3) is 15.2. The van der Waals surface area contributed by atoms with Crippen molar-refractivity contribution in [3.63, 3.8) is 0 Å². The second-order valence-corrected chi connectivity index (χ2v) is 25.7. The number of nitrogens with one attached hydrogen (secondary N) is 4. The molecule has 4 fully saturated rings. The molecule has 29 nitrogen and oxygen atoms in total. The van der Waals surface area contributed by atoms with E-state index in [2.05, 4.69) is 26.2 Å². The van der Waals surface area contributed by atoms with Crippen LogP contribution >= 0.6 is 0 Å². The number of fused-ring (bicyclic) bond motifs is 6. The average Bonchev–Trinajstić information content (AvgIpc) is 0.857. The van der Waals surface area contributed by atoms with Crippen LogP contribution in [0.5, 0.6) is 17.2 Å². The standard InChI is InChI=1S/C67H85N9O20/c1-35(2)55(72-47(78)15-8-7-9-25-76-48(79)20-21-49(76)80)62(86)71-42(13-11-24-69-65(68)87)61(85)70-38-18-16-37(17-19-38)34-93-66(88)73(4)39-22-26-74(27-23-39)33-46(77)67(89)31-41-52(59(84)54-53(57(41)82)56(81)40-12-10-14-44(90-5)51(40)58(54)83)45(32-67)95-50-30-43-60(36(3)94-50)96-63-64(91-6)92-29-28-75(43)63/h10,12,14,16-21,35-36,39,42-43,45,50,55,60,63-64,82,84,89H,7-9,11,13,15,22-34H2,1-6H3,(H,70,85)(H,71,86)(H,72,78)(H3,68,69,87)/t36-,42-,43-,45-,50-,55-,60+,63+,64-,67-/m0/s1. The maximum absolute atomic E-state index is 14.7. The van der Waals surface area contributed by atoms with E-state index >= 15 is 0 Å². The van der Waals surface area contributed by atoms with Crippen molar-refractivity contribution in [3.8, 4) is 17.2 Å². The number of unbranched alkanes of at least 4 members (excludes halogenated alkanes) is 2. The van der Waals surface area contributed by atoms with Crippen LogP contribution in [0, 0.1) is 5.92 Å². The molecule has 29 heteroatoms. The van der Waals surface area contributed by atoms with Gasteiger partial charge < -0.3 is 80.4 Å². The largest absolute Gasteiger partial charge is 0.507 e. The lowest BCUT2D eigenvalue weighted by atomic mass is 9.71. The Morgan fingerprint density at radius 1 is 0.854 bits per heavy atom. The number of hydrogen-bond acceptors (Lipinski definition) is 22. The molecule has 0 radical (unpaired) electrons. The number of carbonyl (C=O) groups is 10. The number of urea groups is 1. The van der Waals surface area contributed by atoms with E-state index in [0.717, 1.165) is 4.90 Å². The van der Waals surface area contributed by atoms with Crippen LogP contribution in [0.2, 0.25) is 0 Å². The Balaban J connectivity index is 0.735. The molecule has 0 aromatic heterocycles. The van der Waals surface area contributed by atoms with Gasteiger partial charge in [-0.25, -0.2) is 9.59 Å². The third-order valence-corrected chi connectivity index (χ3v) is 19.1. The predicted molar refractivity (Wildman–Crippen MR) is 339 cm³/mol. The second-order valence-electron chi connectivity index (χ2n) is 25.7. The molecular weight excluding hydrogens is 1250 g/mol. The molecule has 2 aliphatic carbocycles. The first-order valence-electron chi connectivity index (χ1n) is 32.6. The molecule has 0 unspecified atom stereocenters. The molecule has 4 saturated heterocycles. The molecule has 7 aliphatic rings. The fourth-order valence-corrected chi connectivity index (χ4v) is 13.9. The summed E-state index contributed by atoms with van der Waals surface area (Å²) in [6.07, 6.45) is -0.617. The molecule has 8 amide bonds. The van der Waals surface area contributed by atoms with Gasteiger partial charge in [-0.1, -0.05) is 44.5 Å². The van der Waals surface area contributed by atoms with Gasteiger partial charge >= 0.3 is 12.1 Å². The lowest BCUT2D eigenvalue weighted by Crippen LogP contribution is -2.55. The number of phenolic OH excluding ortho intramolecular Hbond substituents is 2. The number of ether oxygens (including phenoxy) is 7. The highest BCUT2D eigenvalue weighted by Gasteiger charge is 2.56. The lowest BCUT2D eigenvalue weighted by molar-refractivity contribution is -0.256. The minimum Gasteiger partial charge on any atom is -0.507 e. The number of ketones is 3. The van der Waals surface area contributed by atoms with Crippen LogP contribution in [0.15, 0.2) is 54.6 Å². The number of nitrogens with zero attached hydrogens (tertiary/aromatic N) is 4. The summed E-state index contributed by atoms with van der Waals surface area (Å²) in [6.45, 7) is 6.86. The molecule has 9 N–H and O–H groups in total. The van der Waals surface area contributed by atoms with Crippen LogP contribution in [-0.4, -0.2) is 222 Å². The van der Waals surface area contributed by atoms with Gasteiger partial charge in [0.15, 0.2) is 30.4 Å². The smallest absolute Gasteiger partial charge is 0.410 e. The zero-order valence-electron chi connectivity index (χ0n) is 54.6. The number of phenols is 2. The van der Waals surface area contributed by atoms with Gasteiger partial charge in [-0.2, -0.15) is 0 Å². The summed E-state index contributed by atoms with van der Waals surface area (Å²) in [5, 5.41) is 48.0. The van der Waals surface area contributed by atoms with Crippen molar-refractivity contribution in [1.82, 2.24) is 35.6 Å². The minimum atomic E-state index is -2.24. The number of anilines is 1. The molecule has 518 valence electrons. The summed E-state index contributed by atoms with van der Waals surface area (Å²) < 4.78 is 42.1. The van der Waals surface area contributed by atoms with Crippen molar-refractivity contribution >= 4 is 64.7 Å². The summed E-state index contributed by atoms with van der Waals surface area (Å²) >= 11 is 0. The van der Waals surface area contributed by atoms with Gasteiger partial charge in [-0.05, 0) is 75.1 Å². The Kier molecular flexibility index (Phi) is 22.2. The molecule has 10 atom stereocenters. The van der Waals surface area contributed by atoms with Gasteiger partial charge in [0, 0.05) is 119 Å². The van der Waals surface area contributed by atoms with Gasteiger partial charge in [0.25, 0.3) is 11.8 Å². The van der Waals surface area contributed by atoms with Gasteiger partial charge in [-0.3, -0.25) is 53.1 Å². The van der Waals surface area contributed by atoms with Gasteiger partial charge in [0.05, 0.1) is 49.2 Å². The summed E-state index contributed by atoms with van der Waals surface area (Å²) in [7, 11) is 4.48. The number of Topliss-reactive ketones (excluding diaryl/α,β-unsaturated/α-hetero) is 1. The van der Waals surface area contributed by atoms with Crippen molar-refractivity contribution in [2.24, 2.45) is 11.7 Å². The van der Waals surface area contributed by atoms with Crippen molar-refractivity contribution in [2.45, 2.75) is 165 Å². The first kappa shape index (κ1) is 70.4. The average molecular weight is 1340 g/mol. The van der Waals surface area contributed by atoms with Crippen LogP contribution < -0.4 is 31.7 Å². The quantitative estimate of drug-likeness (QED) is 0.0254. The monoisotopic (exact) mass is 1340 g/mol. The number of methoxy groups -OCH3 is 2. The van der Waals surface area contributed by atoms with Crippen molar-refractivity contribution in [2.75, 3.05) is 72.5 Å². The van der Waals surface area contributed by atoms with E-state index in [0.29, 0.717) is 69.6 Å². The Bertz CT molecular complexity index is 3500. The summed E-state index contributed by atoms with van der Waals surface area (Å²) in [5.41, 5.74) is 2.64. The van der Waals surface area contributed by atoms with Gasteiger partial charge in [0.1, 0.15) is 47.6 Å². The SMILES string of the molecule is COc1cccc2c1C(=O)c1c(O)c3c(c(O)c1C2=O)C[C@@](O)(C(=O)CN1CCC(N(C)C(=O)OCc2ccc(NC(=O)[C@H](CCCNC(N)=O)NC(=O)[C@@H](NC(=O)CCCCCN4C(=O)C=CC4=O)C(C)C)cc2)CC1)C[C@@H]3O[C@H]1C[C@H]2[C@H](O[C@@H]3[C@@H](OC)OCCN32)[C@H](C)O1. The van der Waals surface area contributed by atoms with Crippen LogP contribution in [-0.2, 0) is 70.2 Å². The van der Waals surface area contributed by atoms with E-state index in [4.69, 9.17) is 38.9 Å². The fourth-order valence-electron chi connectivity index (χ4n) is 13.9. The van der Waals surface area contributed by atoms with Crippen molar-refractivity contribution in [3.05, 3.63) is 93.6 Å². The molecule has 0 saturated carbocycles. The number of carbonyl (C=O) groups excluding carboxylic acids is 10. The molecule has 3 aromatic rings. The minimum absolute atomic E-state index is 0.0649. The predicted octanol–water partition coefficient (Wildman–Crippen LogP) is 2.95. The van der Waals surface area contributed by atoms with E-state index in [1.54, 1.807) is 45.2 Å².